The topological polar surface area (TPSA) is 55.8 Å². The Morgan fingerprint density at radius 1 is 0.821 bits per heavy atom. The third-order valence-corrected chi connectivity index (χ3v) is 5.46. The molecule has 0 bridgehead atoms. The lowest BCUT2D eigenvalue weighted by Crippen LogP contribution is -2.49. The minimum Gasteiger partial charge on any atom is -0.353 e. The van der Waals surface area contributed by atoms with Gasteiger partial charge in [0.25, 0.3) is 5.91 Å². The zero-order valence-electron chi connectivity index (χ0n) is 16.1. The molecule has 1 aromatic heterocycles. The van der Waals surface area contributed by atoms with Gasteiger partial charge in [-0.1, -0.05) is 12.1 Å². The van der Waals surface area contributed by atoms with E-state index in [-0.39, 0.29) is 11.5 Å². The summed E-state index contributed by atoms with van der Waals surface area (Å²) in [7, 11) is 2.13. The molecule has 0 saturated carbocycles. The van der Waals surface area contributed by atoms with Crippen molar-refractivity contribution >= 4 is 17.5 Å². The summed E-state index contributed by atoms with van der Waals surface area (Å²) in [6.45, 7) is 6.36. The summed E-state index contributed by atoms with van der Waals surface area (Å²) in [5.74, 6) is 0.996. The highest BCUT2D eigenvalue weighted by Crippen LogP contribution is 2.19. The second-order valence-corrected chi connectivity index (χ2v) is 7.30. The molecule has 2 aromatic rings. The molecule has 0 radical (unpaired) electrons. The Labute approximate surface area is 164 Å². The number of hydrogen-bond donors (Lipinski definition) is 0. The predicted octanol–water partition coefficient (Wildman–Crippen LogP) is 1.33. The summed E-state index contributed by atoms with van der Waals surface area (Å²) >= 11 is 0. The molecule has 0 aliphatic carbocycles. The first-order valence-corrected chi connectivity index (χ1v) is 9.68. The maximum atomic E-state index is 13.9. The first-order valence-electron chi connectivity index (χ1n) is 9.68. The zero-order valence-corrected chi connectivity index (χ0v) is 16.1. The van der Waals surface area contributed by atoms with E-state index in [9.17, 15) is 9.18 Å². The van der Waals surface area contributed by atoms with Gasteiger partial charge in [-0.05, 0) is 31.3 Å². The molecule has 0 atom stereocenters. The lowest BCUT2D eigenvalue weighted by Gasteiger charge is -2.36. The number of carbonyl (C=O) groups is 1. The largest absolute Gasteiger partial charge is 0.353 e. The maximum Gasteiger partial charge on any atom is 0.256 e. The second kappa shape index (κ2) is 8.10. The highest BCUT2D eigenvalue weighted by atomic mass is 19.1. The van der Waals surface area contributed by atoms with Crippen LogP contribution >= 0.6 is 0 Å². The van der Waals surface area contributed by atoms with Crippen LogP contribution in [0.2, 0.25) is 0 Å². The number of anilines is 2. The first-order chi connectivity index (χ1) is 13.6. The van der Waals surface area contributed by atoms with Crippen LogP contribution in [-0.2, 0) is 0 Å². The molecular formula is C20H25FN6O. The summed E-state index contributed by atoms with van der Waals surface area (Å²) in [5.41, 5.74) is 0.132. The standard InChI is InChI=1S/C20H25FN6O/c1-24-8-10-25(11-9-24)18-6-7-19(23-22-18)26-12-14-27(15-13-26)20(28)16-4-2-3-5-17(16)21/h2-7H,8-15H2,1H3. The fourth-order valence-electron chi connectivity index (χ4n) is 3.63. The Kier molecular flexibility index (Phi) is 5.38. The number of nitrogens with zero attached hydrogens (tertiary/aromatic N) is 6. The lowest BCUT2D eigenvalue weighted by atomic mass is 10.1. The van der Waals surface area contributed by atoms with E-state index < -0.39 is 5.82 Å². The Bertz CT molecular complexity index is 814. The van der Waals surface area contributed by atoms with Gasteiger partial charge in [-0.25, -0.2) is 4.39 Å². The highest BCUT2D eigenvalue weighted by Gasteiger charge is 2.25. The average molecular weight is 384 g/mol. The molecule has 0 spiro atoms. The summed E-state index contributed by atoms with van der Waals surface area (Å²) < 4.78 is 13.9. The van der Waals surface area contributed by atoms with Crippen LogP contribution in [0.15, 0.2) is 36.4 Å². The quantitative estimate of drug-likeness (QED) is 0.796. The summed E-state index contributed by atoms with van der Waals surface area (Å²) in [6.07, 6.45) is 0. The maximum absolute atomic E-state index is 13.9. The van der Waals surface area contributed by atoms with Gasteiger partial charge < -0.3 is 19.6 Å². The van der Waals surface area contributed by atoms with Crippen LogP contribution in [0.3, 0.4) is 0 Å². The molecular weight excluding hydrogens is 359 g/mol. The lowest BCUT2D eigenvalue weighted by molar-refractivity contribution is 0.0742. The van der Waals surface area contributed by atoms with Gasteiger partial charge in [0.1, 0.15) is 5.82 Å². The van der Waals surface area contributed by atoms with Gasteiger partial charge in [-0.15, -0.1) is 10.2 Å². The second-order valence-electron chi connectivity index (χ2n) is 7.30. The van der Waals surface area contributed by atoms with Gasteiger partial charge in [0.2, 0.25) is 0 Å². The monoisotopic (exact) mass is 384 g/mol. The van der Waals surface area contributed by atoms with E-state index in [1.165, 1.54) is 12.1 Å². The summed E-state index contributed by atoms with van der Waals surface area (Å²) in [5, 5.41) is 8.80. The van der Waals surface area contributed by atoms with E-state index in [2.05, 4.69) is 31.9 Å². The minimum absolute atomic E-state index is 0.132. The van der Waals surface area contributed by atoms with E-state index in [1.54, 1.807) is 17.0 Å². The number of benzene rings is 1. The van der Waals surface area contributed by atoms with Gasteiger partial charge >= 0.3 is 0 Å². The molecule has 28 heavy (non-hydrogen) atoms. The molecule has 2 fully saturated rings. The van der Waals surface area contributed by atoms with Gasteiger partial charge in [-0.3, -0.25) is 4.79 Å². The fraction of sp³-hybridized carbons (Fsp3) is 0.450. The molecule has 4 rings (SSSR count). The van der Waals surface area contributed by atoms with Crippen LogP contribution in [0.5, 0.6) is 0 Å². The minimum atomic E-state index is -0.472. The average Bonchev–Trinajstić information content (AvgIpc) is 2.74. The van der Waals surface area contributed by atoms with Crippen LogP contribution in [0.4, 0.5) is 16.0 Å². The molecule has 2 saturated heterocycles. The van der Waals surface area contributed by atoms with Crippen molar-refractivity contribution in [2.75, 3.05) is 69.2 Å². The predicted molar refractivity (Wildman–Crippen MR) is 106 cm³/mol. The normalized spacial score (nSPS) is 18.4. The molecule has 2 aliphatic heterocycles. The number of likely N-dealkylation sites (N-methyl/N-ethyl adjacent to an activating group) is 1. The van der Waals surface area contributed by atoms with Gasteiger partial charge in [0, 0.05) is 52.4 Å². The highest BCUT2D eigenvalue weighted by molar-refractivity contribution is 5.94. The third-order valence-electron chi connectivity index (χ3n) is 5.46. The van der Waals surface area contributed by atoms with E-state index in [4.69, 9.17) is 0 Å². The van der Waals surface area contributed by atoms with Gasteiger partial charge in [0.05, 0.1) is 5.56 Å². The van der Waals surface area contributed by atoms with Gasteiger partial charge in [0.15, 0.2) is 11.6 Å². The van der Waals surface area contributed by atoms with Crippen LogP contribution in [0, 0.1) is 5.82 Å². The Morgan fingerprint density at radius 3 is 1.89 bits per heavy atom. The molecule has 0 unspecified atom stereocenters. The zero-order chi connectivity index (χ0) is 19.5. The van der Waals surface area contributed by atoms with Crippen LogP contribution in [0.1, 0.15) is 10.4 Å². The molecule has 2 aliphatic rings. The molecule has 0 N–H and O–H groups in total. The van der Waals surface area contributed by atoms with Crippen molar-refractivity contribution in [3.63, 3.8) is 0 Å². The van der Waals surface area contributed by atoms with Crippen molar-refractivity contribution in [2.45, 2.75) is 0 Å². The SMILES string of the molecule is CN1CCN(c2ccc(N3CCN(C(=O)c4ccccc4F)CC3)nn2)CC1. The van der Waals surface area contributed by atoms with Crippen molar-refractivity contribution in [1.29, 1.82) is 0 Å². The smallest absolute Gasteiger partial charge is 0.256 e. The molecule has 1 amide bonds. The van der Waals surface area contributed by atoms with Crippen molar-refractivity contribution in [3.8, 4) is 0 Å². The summed E-state index contributed by atoms with van der Waals surface area (Å²) in [4.78, 5) is 20.9. The number of aromatic nitrogens is 2. The summed E-state index contributed by atoms with van der Waals surface area (Å²) in [6, 6.07) is 10.1. The van der Waals surface area contributed by atoms with Crippen LogP contribution < -0.4 is 9.80 Å². The number of carbonyl (C=O) groups excluding carboxylic acids is 1. The Morgan fingerprint density at radius 2 is 1.36 bits per heavy atom. The molecule has 7 nitrogen and oxygen atoms in total. The molecule has 3 heterocycles. The number of hydrogen-bond acceptors (Lipinski definition) is 6. The fourth-order valence-corrected chi connectivity index (χ4v) is 3.63. The van der Waals surface area contributed by atoms with E-state index in [1.807, 2.05) is 12.1 Å². The van der Waals surface area contributed by atoms with Gasteiger partial charge in [-0.2, -0.15) is 0 Å². The van der Waals surface area contributed by atoms with E-state index in [0.29, 0.717) is 26.2 Å². The molecule has 148 valence electrons. The van der Waals surface area contributed by atoms with Crippen molar-refractivity contribution in [1.82, 2.24) is 20.0 Å². The number of piperazine rings is 2. The molecule has 8 heteroatoms. The van der Waals surface area contributed by atoms with E-state index >= 15 is 0 Å². The Hall–Kier alpha value is -2.74. The van der Waals surface area contributed by atoms with Crippen LogP contribution in [-0.4, -0.2) is 85.3 Å². The van der Waals surface area contributed by atoms with E-state index in [0.717, 1.165) is 37.8 Å². The van der Waals surface area contributed by atoms with Crippen LogP contribution in [0.25, 0.3) is 0 Å². The van der Waals surface area contributed by atoms with Crippen molar-refractivity contribution in [3.05, 3.63) is 47.8 Å². The van der Waals surface area contributed by atoms with Crippen molar-refractivity contribution in [2.24, 2.45) is 0 Å². The number of amides is 1. The number of rotatable bonds is 3. The van der Waals surface area contributed by atoms with Crippen molar-refractivity contribution < 1.29 is 9.18 Å². The molecule has 1 aromatic carbocycles. The number of halogens is 1. The third kappa shape index (κ3) is 3.91. The first kappa shape index (κ1) is 18.6. The Balaban J connectivity index is 1.35.